The average molecular weight is 386 g/mol. The molecule has 1 heterocycles. The van der Waals surface area contributed by atoms with Crippen molar-refractivity contribution in [3.63, 3.8) is 0 Å². The van der Waals surface area contributed by atoms with Crippen LogP contribution in [0.3, 0.4) is 0 Å². The summed E-state index contributed by atoms with van der Waals surface area (Å²) in [6.45, 7) is 3.32. The molecule has 4 amide bonds. The number of carbonyl (C=O) groups is 3. The Morgan fingerprint density at radius 3 is 2.44 bits per heavy atom. The van der Waals surface area contributed by atoms with Crippen molar-refractivity contribution in [3.05, 3.63) is 64.7 Å². The Labute approximate surface area is 162 Å². The van der Waals surface area contributed by atoms with Crippen molar-refractivity contribution in [2.75, 3.05) is 11.9 Å². The van der Waals surface area contributed by atoms with Gasteiger partial charge in [0.2, 0.25) is 5.91 Å². The number of amides is 4. The molecule has 0 bridgehead atoms. The van der Waals surface area contributed by atoms with Crippen LogP contribution in [0, 0.1) is 6.92 Å². The van der Waals surface area contributed by atoms with E-state index < -0.39 is 23.4 Å². The molecule has 3 rings (SSSR count). The third-order valence-electron chi connectivity index (χ3n) is 4.76. The molecule has 2 N–H and O–H groups in total. The number of nitrogens with zero attached hydrogens (tertiary/aromatic N) is 1. The highest BCUT2D eigenvalue weighted by Gasteiger charge is 2.51. The molecule has 2 aromatic carbocycles. The van der Waals surface area contributed by atoms with E-state index >= 15 is 0 Å². The first-order valence-electron chi connectivity index (χ1n) is 8.63. The van der Waals surface area contributed by atoms with E-state index in [0.29, 0.717) is 22.7 Å². The fourth-order valence-electron chi connectivity index (χ4n) is 3.19. The molecule has 7 heteroatoms. The first-order valence-corrected chi connectivity index (χ1v) is 9.01. The van der Waals surface area contributed by atoms with E-state index in [1.54, 1.807) is 36.4 Å². The minimum Gasteiger partial charge on any atom is -0.324 e. The lowest BCUT2D eigenvalue weighted by Crippen LogP contribution is -2.44. The normalized spacial score (nSPS) is 19.1. The molecule has 1 unspecified atom stereocenters. The second kappa shape index (κ2) is 7.40. The lowest BCUT2D eigenvalue weighted by molar-refractivity contribution is -0.134. The van der Waals surface area contributed by atoms with Crippen LogP contribution >= 0.6 is 11.6 Å². The Kier molecular flexibility index (Phi) is 5.19. The largest absolute Gasteiger partial charge is 0.325 e. The molecule has 0 aromatic heterocycles. The van der Waals surface area contributed by atoms with Gasteiger partial charge in [-0.2, -0.15) is 0 Å². The molecule has 1 aliphatic rings. The van der Waals surface area contributed by atoms with Gasteiger partial charge in [0.05, 0.1) is 0 Å². The number of anilines is 1. The van der Waals surface area contributed by atoms with Crippen LogP contribution in [0.15, 0.2) is 48.5 Å². The molecule has 0 radical (unpaired) electrons. The van der Waals surface area contributed by atoms with Gasteiger partial charge in [-0.1, -0.05) is 48.9 Å². The van der Waals surface area contributed by atoms with E-state index in [1.807, 2.05) is 26.0 Å². The molecule has 0 spiro atoms. The number of urea groups is 1. The Bertz CT molecular complexity index is 898. The van der Waals surface area contributed by atoms with Crippen LogP contribution in [0.25, 0.3) is 0 Å². The van der Waals surface area contributed by atoms with Crippen molar-refractivity contribution < 1.29 is 14.4 Å². The maximum Gasteiger partial charge on any atom is 0.325 e. The van der Waals surface area contributed by atoms with Crippen molar-refractivity contribution in [3.8, 4) is 0 Å². The molecular weight excluding hydrogens is 366 g/mol. The lowest BCUT2D eigenvalue weighted by Gasteiger charge is -2.25. The van der Waals surface area contributed by atoms with Gasteiger partial charge in [0.15, 0.2) is 0 Å². The fraction of sp³-hybridized carbons (Fsp3) is 0.250. The number of rotatable bonds is 5. The molecule has 2 aromatic rings. The van der Waals surface area contributed by atoms with Crippen LogP contribution in [0.5, 0.6) is 0 Å². The molecule has 1 aliphatic heterocycles. The predicted octanol–water partition coefficient (Wildman–Crippen LogP) is 3.44. The summed E-state index contributed by atoms with van der Waals surface area (Å²) >= 11 is 5.92. The smallest absolute Gasteiger partial charge is 0.324 e. The number of halogens is 1. The summed E-state index contributed by atoms with van der Waals surface area (Å²) in [6.07, 6.45) is 0.356. The SMILES string of the molecule is CCC1(c2ccc(Cl)cc2)NC(=O)N(CC(=O)Nc2ccccc2C)C1=O. The fourth-order valence-corrected chi connectivity index (χ4v) is 3.32. The molecule has 1 fully saturated rings. The molecule has 1 saturated heterocycles. The van der Waals surface area contributed by atoms with Gasteiger partial charge in [-0.25, -0.2) is 4.79 Å². The summed E-state index contributed by atoms with van der Waals surface area (Å²) in [7, 11) is 0. The van der Waals surface area contributed by atoms with Gasteiger partial charge in [0.25, 0.3) is 5.91 Å². The van der Waals surface area contributed by atoms with E-state index in [9.17, 15) is 14.4 Å². The highest BCUT2D eigenvalue weighted by atomic mass is 35.5. The van der Waals surface area contributed by atoms with Gasteiger partial charge in [-0.15, -0.1) is 0 Å². The maximum absolute atomic E-state index is 13.0. The third kappa shape index (κ3) is 3.53. The molecule has 6 nitrogen and oxygen atoms in total. The van der Waals surface area contributed by atoms with E-state index in [-0.39, 0.29) is 6.54 Å². The van der Waals surface area contributed by atoms with Crippen LogP contribution < -0.4 is 10.6 Å². The van der Waals surface area contributed by atoms with E-state index in [0.717, 1.165) is 10.5 Å². The number of aryl methyl sites for hydroxylation is 1. The van der Waals surface area contributed by atoms with Crippen LogP contribution in [-0.4, -0.2) is 29.3 Å². The van der Waals surface area contributed by atoms with Crippen molar-refractivity contribution in [1.82, 2.24) is 10.2 Å². The van der Waals surface area contributed by atoms with Gasteiger partial charge in [-0.05, 0) is 42.7 Å². The molecule has 0 saturated carbocycles. The van der Waals surface area contributed by atoms with E-state index in [2.05, 4.69) is 10.6 Å². The minimum atomic E-state index is -1.19. The van der Waals surface area contributed by atoms with Crippen LogP contribution in [0.4, 0.5) is 10.5 Å². The Morgan fingerprint density at radius 2 is 1.81 bits per heavy atom. The molecular formula is C20H20ClN3O3. The van der Waals surface area contributed by atoms with Crippen molar-refractivity contribution in [2.24, 2.45) is 0 Å². The maximum atomic E-state index is 13.0. The number of imide groups is 1. The second-order valence-electron chi connectivity index (χ2n) is 6.45. The van der Waals surface area contributed by atoms with E-state index in [1.165, 1.54) is 0 Å². The molecule has 0 aliphatic carbocycles. The Morgan fingerprint density at radius 1 is 1.15 bits per heavy atom. The minimum absolute atomic E-state index is 0.353. The number of para-hydroxylation sites is 1. The number of benzene rings is 2. The second-order valence-corrected chi connectivity index (χ2v) is 6.89. The van der Waals surface area contributed by atoms with Crippen LogP contribution in [0.2, 0.25) is 5.02 Å². The zero-order valence-corrected chi connectivity index (χ0v) is 15.8. The highest BCUT2D eigenvalue weighted by molar-refractivity contribution is 6.30. The summed E-state index contributed by atoms with van der Waals surface area (Å²) < 4.78 is 0. The van der Waals surface area contributed by atoms with E-state index in [4.69, 9.17) is 11.6 Å². The molecule has 1 atom stereocenters. The molecule has 140 valence electrons. The Hall–Kier alpha value is -2.86. The predicted molar refractivity (Wildman–Crippen MR) is 103 cm³/mol. The van der Waals surface area contributed by atoms with Crippen LogP contribution in [-0.2, 0) is 15.1 Å². The quantitative estimate of drug-likeness (QED) is 0.774. The summed E-state index contributed by atoms with van der Waals surface area (Å²) in [6, 6.07) is 13.5. The van der Waals surface area contributed by atoms with Gasteiger partial charge < -0.3 is 10.6 Å². The number of nitrogens with one attached hydrogen (secondary N) is 2. The van der Waals surface area contributed by atoms with Crippen molar-refractivity contribution in [1.29, 1.82) is 0 Å². The van der Waals surface area contributed by atoms with Crippen molar-refractivity contribution >= 4 is 35.1 Å². The topological polar surface area (TPSA) is 78.5 Å². The highest BCUT2D eigenvalue weighted by Crippen LogP contribution is 2.33. The number of hydrogen-bond acceptors (Lipinski definition) is 3. The zero-order valence-electron chi connectivity index (χ0n) is 15.1. The number of carbonyl (C=O) groups excluding carboxylic acids is 3. The Balaban J connectivity index is 1.80. The first kappa shape index (κ1) is 18.9. The monoisotopic (exact) mass is 385 g/mol. The summed E-state index contributed by atoms with van der Waals surface area (Å²) in [5.41, 5.74) is 0.987. The van der Waals surface area contributed by atoms with Crippen molar-refractivity contribution in [2.45, 2.75) is 25.8 Å². The van der Waals surface area contributed by atoms with Crippen LogP contribution in [0.1, 0.15) is 24.5 Å². The zero-order chi connectivity index (χ0) is 19.6. The summed E-state index contributed by atoms with van der Waals surface area (Å²) in [5.74, 6) is -0.881. The third-order valence-corrected chi connectivity index (χ3v) is 5.02. The van der Waals surface area contributed by atoms with Gasteiger partial charge in [0, 0.05) is 10.7 Å². The first-order chi connectivity index (χ1) is 12.9. The number of hydrogen-bond donors (Lipinski definition) is 2. The average Bonchev–Trinajstić information content (AvgIpc) is 2.89. The lowest BCUT2D eigenvalue weighted by atomic mass is 9.87. The van der Waals surface area contributed by atoms with Gasteiger partial charge >= 0.3 is 6.03 Å². The van der Waals surface area contributed by atoms with Gasteiger partial charge in [0.1, 0.15) is 12.1 Å². The molecule has 27 heavy (non-hydrogen) atoms. The standard InChI is InChI=1S/C20H20ClN3O3/c1-3-20(14-8-10-15(21)11-9-14)18(26)24(19(27)23-20)12-17(25)22-16-7-5-4-6-13(16)2/h4-11H,3,12H2,1-2H3,(H,22,25)(H,23,27). The van der Waals surface area contributed by atoms with Gasteiger partial charge in [-0.3, -0.25) is 14.5 Å². The summed E-state index contributed by atoms with van der Waals surface area (Å²) in [5, 5.41) is 6.03. The summed E-state index contributed by atoms with van der Waals surface area (Å²) in [4.78, 5) is 38.8.